The van der Waals surface area contributed by atoms with E-state index in [4.69, 9.17) is 23.2 Å². The molecular weight excluding hydrogens is 1460 g/mol. The third kappa shape index (κ3) is 20.7. The minimum Gasteiger partial charge on any atom is -0.392 e. The molecular formula is C72H92Br2Cl2N12O12. The lowest BCUT2D eigenvalue weighted by molar-refractivity contribution is -0.0187. The molecule has 0 amide bonds. The second-order valence-corrected chi connectivity index (χ2v) is 30.2. The third-order valence-electron chi connectivity index (χ3n) is 18.9. The van der Waals surface area contributed by atoms with Crippen molar-refractivity contribution in [2.45, 2.75) is 201 Å². The molecule has 4 aromatic heterocycles. The molecule has 8 aromatic rings. The van der Waals surface area contributed by atoms with Gasteiger partial charge in [0.15, 0.2) is 0 Å². The Morgan fingerprint density at radius 3 is 1.07 bits per heavy atom. The fourth-order valence-electron chi connectivity index (χ4n) is 13.8. The van der Waals surface area contributed by atoms with E-state index in [1.54, 1.807) is 86.7 Å². The first-order valence-electron chi connectivity index (χ1n) is 33.9. The fraction of sp³-hybridized carbons (Fsp3) is 0.500. The molecule has 8 heterocycles. The minimum absolute atomic E-state index is 0.0549. The minimum atomic E-state index is -1.23. The molecule has 0 saturated carbocycles. The van der Waals surface area contributed by atoms with Gasteiger partial charge in [0, 0.05) is 33.1 Å². The molecule has 4 fully saturated rings. The van der Waals surface area contributed by atoms with Crippen molar-refractivity contribution in [2.24, 2.45) is 0 Å². The first-order chi connectivity index (χ1) is 47.6. The van der Waals surface area contributed by atoms with E-state index in [1.807, 2.05) is 12.1 Å². The lowest BCUT2D eigenvalue weighted by Crippen LogP contribution is -2.51. The van der Waals surface area contributed by atoms with Crippen LogP contribution in [0.25, 0.3) is 43.6 Å². The Hall–Kier alpha value is -6.02. The highest BCUT2D eigenvalue weighted by atomic mass is 79.9. The van der Waals surface area contributed by atoms with E-state index in [2.05, 4.69) is 86.2 Å². The Morgan fingerprint density at radius 1 is 0.460 bits per heavy atom. The largest absolute Gasteiger partial charge is 0.392 e. The zero-order chi connectivity index (χ0) is 72.1. The van der Waals surface area contributed by atoms with Gasteiger partial charge in [-0.2, -0.15) is 0 Å². The van der Waals surface area contributed by atoms with Gasteiger partial charge in [-0.3, -0.25) is 37.4 Å². The van der Waals surface area contributed by atoms with Crippen LogP contribution in [0.2, 0.25) is 10.0 Å². The molecule has 100 heavy (non-hydrogen) atoms. The summed E-state index contributed by atoms with van der Waals surface area (Å²) in [4.78, 5) is 68.0. The monoisotopic (exact) mass is 1540 g/mol. The maximum absolute atomic E-state index is 12.9. The fourth-order valence-corrected chi connectivity index (χ4v) is 14.8. The van der Waals surface area contributed by atoms with Crippen molar-refractivity contribution in [1.82, 2.24) is 59.5 Å². The van der Waals surface area contributed by atoms with Gasteiger partial charge in [-0.05, 0) is 210 Å². The zero-order valence-electron chi connectivity index (χ0n) is 56.3. The molecule has 540 valence electrons. The number of hydrogen-bond acceptors (Lipinski definition) is 20. The van der Waals surface area contributed by atoms with Crippen LogP contribution < -0.4 is 43.5 Å². The van der Waals surface area contributed by atoms with Gasteiger partial charge < -0.3 is 62.1 Å². The van der Waals surface area contributed by atoms with Gasteiger partial charge in [-0.25, -0.2) is 19.9 Å². The molecule has 0 aliphatic carbocycles. The molecule has 28 heteroatoms. The van der Waals surface area contributed by atoms with Crippen molar-refractivity contribution in [1.29, 1.82) is 0 Å². The number of piperidine rings is 4. The van der Waals surface area contributed by atoms with Crippen LogP contribution in [0, 0.1) is 0 Å². The summed E-state index contributed by atoms with van der Waals surface area (Å²) < 4.78 is 7.02. The van der Waals surface area contributed by atoms with Crippen molar-refractivity contribution in [3.63, 3.8) is 0 Å². The number of halogens is 4. The number of aliphatic hydroxyl groups is 8. The molecule has 12 atom stereocenters. The number of para-hydroxylation sites is 2. The molecule has 4 aromatic carbocycles. The Kier molecular flexibility index (Phi) is 27.3. The van der Waals surface area contributed by atoms with Crippen molar-refractivity contribution < 1.29 is 40.9 Å². The SMILES string of the molecule is C=CC[C@@](O)(C[C@H]1NCCC[C@@H]1O)Cn1cnc2cc(Br)c(Cl)cc2c1=O.C=CC[C@@](O)(C[C@H]1NCCC[C@@H]1O)Cn1cnc2ccccc2c1=O.C[C@@](O)(C[C@H]1NCCC[C@@H]1O)Cn1cnc2cc(Br)c(Cl)cc2c1=O.C[C@@](O)(C[C@H]1NCCC[C@@H]1O)Cn1cnc2ccccc2c1=O. The van der Waals surface area contributed by atoms with E-state index in [0.717, 1.165) is 71.1 Å². The van der Waals surface area contributed by atoms with Gasteiger partial charge in [0.25, 0.3) is 22.2 Å². The molecule has 4 aliphatic rings. The van der Waals surface area contributed by atoms with Crippen LogP contribution in [0.3, 0.4) is 0 Å². The average Bonchev–Trinajstić information content (AvgIpc) is 0.801. The van der Waals surface area contributed by atoms with Crippen LogP contribution in [0.4, 0.5) is 0 Å². The predicted molar refractivity (Wildman–Crippen MR) is 397 cm³/mol. The van der Waals surface area contributed by atoms with E-state index >= 15 is 0 Å². The molecule has 24 nitrogen and oxygen atoms in total. The summed E-state index contributed by atoms with van der Waals surface area (Å²) in [6.45, 7) is 14.5. The number of nitrogens with one attached hydrogen (secondary N) is 4. The van der Waals surface area contributed by atoms with Crippen LogP contribution in [0.15, 0.2) is 152 Å². The molecule has 12 N–H and O–H groups in total. The Labute approximate surface area is 606 Å². The van der Waals surface area contributed by atoms with Gasteiger partial charge >= 0.3 is 0 Å². The summed E-state index contributed by atoms with van der Waals surface area (Å²) >= 11 is 18.8. The number of aliphatic hydroxyl groups excluding tert-OH is 4. The predicted octanol–water partition coefficient (Wildman–Crippen LogP) is 6.55. The molecule has 4 aliphatic heterocycles. The van der Waals surface area contributed by atoms with Gasteiger partial charge in [0.2, 0.25) is 0 Å². The Morgan fingerprint density at radius 2 is 0.750 bits per heavy atom. The number of fused-ring (bicyclic) bond motifs is 4. The maximum atomic E-state index is 12.9. The van der Waals surface area contributed by atoms with Crippen LogP contribution in [-0.4, -0.2) is 176 Å². The van der Waals surface area contributed by atoms with Crippen molar-refractivity contribution in [2.75, 3.05) is 26.2 Å². The summed E-state index contributed by atoms with van der Waals surface area (Å²) in [5.74, 6) is 0. The molecule has 0 spiro atoms. The van der Waals surface area contributed by atoms with E-state index < -0.39 is 46.8 Å². The van der Waals surface area contributed by atoms with Crippen molar-refractivity contribution >= 4 is 98.7 Å². The van der Waals surface area contributed by atoms with E-state index in [-0.39, 0.29) is 72.6 Å². The van der Waals surface area contributed by atoms with Gasteiger partial charge in [-0.1, -0.05) is 59.6 Å². The number of aromatic nitrogens is 8. The average molecular weight is 1550 g/mol. The number of hydrogen-bond donors (Lipinski definition) is 12. The standard InChI is InChI=1S/C19H23BrClN3O3.C19H25N3O3.C17H21BrClN3O3.C17H23N3O3/c1-2-5-19(27,9-16-17(25)4-3-6-22-16)10-24-11-23-15-8-13(20)14(21)7-12(15)18(24)26;1-2-9-19(25,11-16-17(23)8-5-10-20-16)12-22-13-21-15-7-4-3-6-14(15)18(22)24;1-17(25,7-14-15(23)3-2-4-20-14)8-22-9-21-13-6-11(18)12(19)5-10(13)16(22)24;1-17(23,9-14-15(21)7-4-8-18-14)10-20-11-19-13-6-3-2-5-12(13)16(20)22/h2,7-8,11,16-17,22,25,27H,1,3-6,9-10H2;2-4,6-7,13,16-17,20,23,25H,1,5,8-12H2;5-6,9,14-15,20,23,25H,2-4,7-8H2,1H3;2-3,5-6,11,14-15,18,21,23H,4,7-10H2,1H3/t2*16-,17+,19-;2*14-,15+,17-/m1111/s1. The second kappa shape index (κ2) is 35.0. The summed E-state index contributed by atoms with van der Waals surface area (Å²) in [6.07, 6.45) is 15.7. The van der Waals surface area contributed by atoms with E-state index in [1.165, 1.54) is 43.6 Å². The Balaban J connectivity index is 0.000000156. The first-order valence-corrected chi connectivity index (χ1v) is 36.3. The van der Waals surface area contributed by atoms with Crippen LogP contribution in [-0.2, 0) is 26.2 Å². The molecule has 0 bridgehead atoms. The van der Waals surface area contributed by atoms with Crippen molar-refractivity contribution in [3.8, 4) is 0 Å². The molecule has 0 unspecified atom stereocenters. The summed E-state index contributed by atoms with van der Waals surface area (Å²) in [5.41, 5.74) is -3.16. The molecule has 12 rings (SSSR count). The first kappa shape index (κ1) is 78.1. The van der Waals surface area contributed by atoms with Gasteiger partial charge in [0.1, 0.15) is 0 Å². The summed E-state index contributed by atoms with van der Waals surface area (Å²) in [7, 11) is 0. The summed E-state index contributed by atoms with van der Waals surface area (Å²) in [5, 5.41) is 100. The molecule has 4 saturated heterocycles. The van der Waals surface area contributed by atoms with Gasteiger partial charge in [-0.15, -0.1) is 13.2 Å². The van der Waals surface area contributed by atoms with Gasteiger partial charge in [0.05, 0.1) is 152 Å². The highest BCUT2D eigenvalue weighted by Gasteiger charge is 2.38. The maximum Gasteiger partial charge on any atom is 0.261 e. The van der Waals surface area contributed by atoms with E-state index in [9.17, 15) is 60.0 Å². The molecule has 0 radical (unpaired) electrons. The second-order valence-electron chi connectivity index (χ2n) is 27.6. The highest BCUT2D eigenvalue weighted by Crippen LogP contribution is 2.31. The smallest absolute Gasteiger partial charge is 0.261 e. The number of benzene rings is 4. The van der Waals surface area contributed by atoms with Crippen molar-refractivity contribution in [3.05, 3.63) is 184 Å². The van der Waals surface area contributed by atoms with E-state index in [0.29, 0.717) is 108 Å². The zero-order valence-corrected chi connectivity index (χ0v) is 61.0. The topological polar surface area (TPSA) is 350 Å². The normalized spacial score (nSPS) is 23.4. The van der Waals surface area contributed by atoms with Crippen LogP contribution in [0.1, 0.15) is 104 Å². The van der Waals surface area contributed by atoms with Crippen LogP contribution >= 0.6 is 55.1 Å². The van der Waals surface area contributed by atoms with Crippen LogP contribution in [0.5, 0.6) is 0 Å². The Bertz CT molecular complexity index is 4390. The third-order valence-corrected chi connectivity index (χ3v) is 21.3. The lowest BCUT2D eigenvalue weighted by Gasteiger charge is -2.36. The summed E-state index contributed by atoms with van der Waals surface area (Å²) in [6, 6.07) is 20.1. The lowest BCUT2D eigenvalue weighted by atomic mass is 9.86. The number of nitrogens with zero attached hydrogens (tertiary/aromatic N) is 8. The quantitative estimate of drug-likeness (QED) is 0.0360. The highest BCUT2D eigenvalue weighted by molar-refractivity contribution is 9.10. The number of rotatable bonds is 20.